The summed E-state index contributed by atoms with van der Waals surface area (Å²) in [5, 5.41) is 20.6. The van der Waals surface area contributed by atoms with Crippen molar-refractivity contribution >= 4 is 55.3 Å². The van der Waals surface area contributed by atoms with Crippen molar-refractivity contribution in [2.45, 2.75) is 33.2 Å². The normalized spacial score (nSPS) is 12.4. The zero-order valence-electron chi connectivity index (χ0n) is 43.3. The van der Waals surface area contributed by atoms with E-state index < -0.39 is 0 Å². The van der Waals surface area contributed by atoms with E-state index >= 15 is 0 Å². The van der Waals surface area contributed by atoms with E-state index in [1.807, 2.05) is 99.2 Å². The Balaban J connectivity index is 0.000000153. The number of likely N-dealkylation sites (tertiary alicyclic amines) is 1. The minimum absolute atomic E-state index is 0.283. The van der Waals surface area contributed by atoms with E-state index in [1.165, 1.54) is 42.7 Å². The number of H-pyrrole nitrogens is 4. The molecule has 0 bridgehead atoms. The quantitative estimate of drug-likeness (QED) is 0.0836. The largest absolute Gasteiger partial charge is 0.354 e. The first-order valence-corrected chi connectivity index (χ1v) is 26.2. The van der Waals surface area contributed by atoms with Gasteiger partial charge in [0.25, 0.3) is 0 Å². The number of anilines is 1. The molecule has 0 spiro atoms. The molecule has 1 saturated heterocycles. The molecule has 14 nitrogen and oxygen atoms in total. The third-order valence-corrected chi connectivity index (χ3v) is 13.8. The molecule has 1 aliphatic heterocycles. The summed E-state index contributed by atoms with van der Waals surface area (Å²) in [5.41, 5.74) is 17.3. The monoisotopic (exact) mass is 1040 g/mol. The van der Waals surface area contributed by atoms with Crippen LogP contribution in [0.25, 0.3) is 117 Å². The highest BCUT2D eigenvalue weighted by atomic mass is 19.1. The summed E-state index contributed by atoms with van der Waals surface area (Å²) in [5.74, 6) is 0.683. The third-order valence-electron chi connectivity index (χ3n) is 13.8. The van der Waals surface area contributed by atoms with Gasteiger partial charge in [-0.2, -0.15) is 10.2 Å². The highest BCUT2D eigenvalue weighted by molar-refractivity contribution is 5.99. The number of aromatic amines is 4. The second-order valence-corrected chi connectivity index (χ2v) is 19.0. The Hall–Kier alpha value is -10.1. The van der Waals surface area contributed by atoms with Gasteiger partial charge in [-0.15, -0.1) is 0 Å². The van der Waals surface area contributed by atoms with Crippen LogP contribution in [0.2, 0.25) is 0 Å². The fraction of sp³-hybridized carbons (Fsp3) is 0.111. The summed E-state index contributed by atoms with van der Waals surface area (Å²) in [4.78, 5) is 37.0. The molecule has 5 N–H and O–H groups in total. The van der Waals surface area contributed by atoms with Crippen LogP contribution in [0.15, 0.2) is 183 Å². The fourth-order valence-electron chi connectivity index (χ4n) is 9.96. The van der Waals surface area contributed by atoms with Gasteiger partial charge >= 0.3 is 0 Å². The molecule has 0 amide bonds. The Labute approximate surface area is 452 Å². The molecular formula is C63H52F2N14. The maximum atomic E-state index is 13.5. The second kappa shape index (κ2) is 21.9. The highest BCUT2D eigenvalue weighted by Gasteiger charge is 2.20. The van der Waals surface area contributed by atoms with Crippen LogP contribution >= 0.6 is 0 Å². The van der Waals surface area contributed by atoms with Gasteiger partial charge < -0.3 is 15.3 Å². The summed E-state index contributed by atoms with van der Waals surface area (Å²) in [6.45, 7) is 11.4. The van der Waals surface area contributed by atoms with E-state index in [0.29, 0.717) is 34.2 Å². The Bertz CT molecular complexity index is 4290. The van der Waals surface area contributed by atoms with Crippen LogP contribution in [-0.2, 0) is 6.54 Å². The number of hydrogen-bond acceptors (Lipinski definition) is 10. The SMILES string of the molecule is C=C(Nc1cncc(-c2ccc3[nH]nc(-c4nc5c(-c6ccc(F)cc6)nccc5[nH]4)c3c2)c1)c1ccccc1.CC.Fc1ccc(-c2nccc3[nH]c(-c4n[nH]c5ccc(-c6cncc(CN7CCCC7)c6)cc45)nc23)cc1. The zero-order valence-corrected chi connectivity index (χ0v) is 43.3. The maximum absolute atomic E-state index is 13.5. The van der Waals surface area contributed by atoms with Crippen LogP contribution < -0.4 is 5.32 Å². The Morgan fingerprint density at radius 3 is 1.58 bits per heavy atom. The predicted octanol–water partition coefficient (Wildman–Crippen LogP) is 14.4. The van der Waals surface area contributed by atoms with Crippen molar-refractivity contribution < 1.29 is 8.78 Å². The van der Waals surface area contributed by atoms with E-state index in [2.05, 4.69) is 91.4 Å². The molecule has 388 valence electrons. The van der Waals surface area contributed by atoms with Crippen molar-refractivity contribution in [3.63, 3.8) is 0 Å². The lowest BCUT2D eigenvalue weighted by Gasteiger charge is -2.14. The Morgan fingerprint density at radius 1 is 0.532 bits per heavy atom. The first-order valence-electron chi connectivity index (χ1n) is 26.2. The van der Waals surface area contributed by atoms with Gasteiger partial charge in [-0.1, -0.05) is 62.9 Å². The van der Waals surface area contributed by atoms with Crippen LogP contribution in [0.4, 0.5) is 14.5 Å². The summed E-state index contributed by atoms with van der Waals surface area (Å²) < 4.78 is 27.0. The third kappa shape index (κ3) is 10.4. The number of nitrogens with one attached hydrogen (secondary N) is 5. The summed E-state index contributed by atoms with van der Waals surface area (Å²) >= 11 is 0. The zero-order chi connectivity index (χ0) is 53.8. The number of rotatable bonds is 11. The average molecular weight is 1040 g/mol. The smallest absolute Gasteiger partial charge is 0.159 e. The van der Waals surface area contributed by atoms with Crippen LogP contribution in [0.3, 0.4) is 0 Å². The molecule has 0 radical (unpaired) electrons. The van der Waals surface area contributed by atoms with E-state index in [-0.39, 0.29) is 11.6 Å². The number of fused-ring (bicyclic) bond motifs is 4. The number of nitrogens with zero attached hydrogens (tertiary/aromatic N) is 9. The van der Waals surface area contributed by atoms with Gasteiger partial charge in [-0.25, -0.2) is 18.7 Å². The van der Waals surface area contributed by atoms with E-state index in [4.69, 9.17) is 9.97 Å². The minimum atomic E-state index is -0.296. The molecule has 9 heterocycles. The number of pyridine rings is 4. The molecule has 1 fully saturated rings. The molecule has 8 aromatic heterocycles. The number of benzene rings is 5. The van der Waals surface area contributed by atoms with Gasteiger partial charge in [-0.05, 0) is 145 Å². The highest BCUT2D eigenvalue weighted by Crippen LogP contribution is 2.35. The predicted molar refractivity (Wildman–Crippen MR) is 310 cm³/mol. The van der Waals surface area contributed by atoms with Crippen molar-refractivity contribution in [1.82, 2.24) is 65.2 Å². The fourth-order valence-corrected chi connectivity index (χ4v) is 9.96. The van der Waals surface area contributed by atoms with Gasteiger partial charge in [0.05, 0.1) is 45.3 Å². The van der Waals surface area contributed by atoms with Gasteiger partial charge in [0.1, 0.15) is 34.1 Å². The molecule has 5 aromatic carbocycles. The van der Waals surface area contributed by atoms with Crippen molar-refractivity contribution in [1.29, 1.82) is 0 Å². The molecular weight excluding hydrogens is 991 g/mol. The molecule has 1 aliphatic rings. The van der Waals surface area contributed by atoms with Gasteiger partial charge in [0.15, 0.2) is 11.6 Å². The number of imidazole rings is 2. The molecule has 14 rings (SSSR count). The maximum Gasteiger partial charge on any atom is 0.159 e. The number of hydrogen-bond donors (Lipinski definition) is 5. The van der Waals surface area contributed by atoms with Crippen LogP contribution in [-0.4, -0.2) is 78.3 Å². The summed E-state index contributed by atoms with van der Waals surface area (Å²) in [6.07, 6.45) is 13.5. The summed E-state index contributed by atoms with van der Waals surface area (Å²) in [6, 6.07) is 42.9. The Kier molecular flexibility index (Phi) is 13.8. The molecule has 79 heavy (non-hydrogen) atoms. The van der Waals surface area contributed by atoms with Gasteiger partial charge in [0, 0.05) is 76.3 Å². The van der Waals surface area contributed by atoms with E-state index in [1.54, 1.807) is 42.9 Å². The first kappa shape index (κ1) is 49.8. The lowest BCUT2D eigenvalue weighted by atomic mass is 10.0. The van der Waals surface area contributed by atoms with Crippen LogP contribution in [0, 0.1) is 11.6 Å². The van der Waals surface area contributed by atoms with Crippen molar-refractivity contribution in [3.8, 4) is 67.8 Å². The van der Waals surface area contributed by atoms with Crippen molar-refractivity contribution in [2.75, 3.05) is 18.4 Å². The molecule has 0 saturated carbocycles. The van der Waals surface area contributed by atoms with Crippen LogP contribution in [0.1, 0.15) is 37.8 Å². The molecule has 0 unspecified atom stereocenters. The molecule has 13 aromatic rings. The van der Waals surface area contributed by atoms with Gasteiger partial charge in [-0.3, -0.25) is 35.0 Å². The Morgan fingerprint density at radius 2 is 1.04 bits per heavy atom. The lowest BCUT2D eigenvalue weighted by molar-refractivity contribution is 0.331. The average Bonchev–Trinajstić information content (AvgIpc) is 4.49. The van der Waals surface area contributed by atoms with Crippen molar-refractivity contribution in [3.05, 3.63) is 206 Å². The second-order valence-electron chi connectivity index (χ2n) is 19.0. The lowest BCUT2D eigenvalue weighted by Crippen LogP contribution is -2.18. The first-order chi connectivity index (χ1) is 38.8. The topological polar surface area (TPSA) is 182 Å². The number of halogens is 2. The minimum Gasteiger partial charge on any atom is -0.354 e. The number of aromatic nitrogens is 12. The standard InChI is InChI=1S/C32H22FN7.C29H24FN7.C2H6/c1-19(20-5-3-2-4-6-20)36-25-15-23(17-34-18-25)22-9-12-27-26(16-22)30(40-39-27)32-37-28-13-14-35-29(31(28)38-32)21-7-10-24(33)11-8-21;30-22-6-3-19(4-7-22)26-28-25(9-10-32-26)33-29(34-28)27-23-14-20(5-8-24(23)35-36-27)21-13-18(15-31-16-21)17-37-11-1-2-12-37;1-2/h2-18,36H,1H2,(H,37,38)(H,39,40);3-10,13-16H,1-2,11-12,17H2,(H,33,34)(H,35,36);1-2H3. The van der Waals surface area contributed by atoms with E-state index in [0.717, 1.165) is 114 Å². The van der Waals surface area contributed by atoms with Gasteiger partial charge in [0.2, 0.25) is 0 Å². The van der Waals surface area contributed by atoms with Crippen LogP contribution in [0.5, 0.6) is 0 Å². The van der Waals surface area contributed by atoms with Crippen molar-refractivity contribution in [2.24, 2.45) is 0 Å². The molecule has 16 heteroatoms. The molecule has 0 atom stereocenters. The molecule has 0 aliphatic carbocycles. The van der Waals surface area contributed by atoms with E-state index in [9.17, 15) is 8.78 Å². The summed E-state index contributed by atoms with van der Waals surface area (Å²) in [7, 11) is 0.